The molecule has 0 unspecified atom stereocenters. The molecule has 1 fully saturated rings. The molecule has 1 saturated heterocycles. The summed E-state index contributed by atoms with van der Waals surface area (Å²) < 4.78 is 31.0. The summed E-state index contributed by atoms with van der Waals surface area (Å²) in [5.74, 6) is 1.85. The number of rotatable bonds is 2. The van der Waals surface area contributed by atoms with Crippen molar-refractivity contribution in [1.82, 2.24) is 0 Å². The Morgan fingerprint density at radius 3 is 2.04 bits per heavy atom. The molecule has 2 aromatic rings. The quantitative estimate of drug-likeness (QED) is 0.549. The van der Waals surface area contributed by atoms with E-state index in [1.54, 1.807) is 0 Å². The second-order valence-electron chi connectivity index (χ2n) is 9.35. The first-order valence-corrected chi connectivity index (χ1v) is 11.5. The molecule has 5 nitrogen and oxygen atoms in total. The molecule has 2 aliphatic rings. The Morgan fingerprint density at radius 2 is 1.46 bits per heavy atom. The van der Waals surface area contributed by atoms with E-state index in [4.69, 9.17) is 22.6 Å². The summed E-state index contributed by atoms with van der Waals surface area (Å²) in [5, 5.41) is 0. The van der Waals surface area contributed by atoms with Crippen LogP contribution < -0.4 is 13.6 Å². The van der Waals surface area contributed by atoms with Crippen LogP contribution in [0, 0.1) is 0 Å². The van der Waals surface area contributed by atoms with Crippen molar-refractivity contribution in [3.63, 3.8) is 0 Å². The zero-order chi connectivity index (χ0) is 20.2. The van der Waals surface area contributed by atoms with Crippen LogP contribution in [0.3, 0.4) is 0 Å². The van der Waals surface area contributed by atoms with E-state index in [1.165, 1.54) is 0 Å². The van der Waals surface area contributed by atoms with Crippen molar-refractivity contribution in [1.29, 1.82) is 0 Å². The summed E-state index contributed by atoms with van der Waals surface area (Å²) in [4.78, 5) is 0. The first-order chi connectivity index (χ1) is 13.0. The Bertz CT molecular complexity index is 890. The zero-order valence-electron chi connectivity index (χ0n) is 17.4. The van der Waals surface area contributed by atoms with Gasteiger partial charge in [0.05, 0.1) is 0 Å². The van der Waals surface area contributed by atoms with Crippen LogP contribution in [0.25, 0.3) is 0 Å². The van der Waals surface area contributed by atoms with Crippen LogP contribution in [0.15, 0.2) is 42.5 Å². The molecule has 4 rings (SSSR count). The molecule has 2 heterocycles. The maximum absolute atomic E-state index is 6.41. The van der Waals surface area contributed by atoms with E-state index in [0.29, 0.717) is 30.5 Å². The summed E-state index contributed by atoms with van der Waals surface area (Å²) in [6, 6.07) is 13.6. The van der Waals surface area contributed by atoms with Gasteiger partial charge in [-0.05, 0) is 0 Å². The van der Waals surface area contributed by atoms with E-state index in [2.05, 4.69) is 47.6 Å². The summed E-state index contributed by atoms with van der Waals surface area (Å²) >= 11 is 0. The number of hydrogen-bond acceptors (Lipinski definition) is 5. The molecule has 0 aromatic heterocycles. The van der Waals surface area contributed by atoms with Crippen LogP contribution in [0.4, 0.5) is 0 Å². The summed E-state index contributed by atoms with van der Waals surface area (Å²) in [6.45, 7) is 13.7. The first-order valence-electron chi connectivity index (χ1n) is 9.67. The van der Waals surface area contributed by atoms with Gasteiger partial charge in [0.15, 0.2) is 0 Å². The molecule has 0 bridgehead atoms. The van der Waals surface area contributed by atoms with Crippen molar-refractivity contribution < 1.29 is 22.6 Å². The predicted molar refractivity (Wildman–Crippen MR) is 111 cm³/mol. The van der Waals surface area contributed by atoms with E-state index < -0.39 is 7.74 Å². The second kappa shape index (κ2) is 6.09. The Kier molecular flexibility index (Phi) is 4.24. The van der Waals surface area contributed by atoms with Gasteiger partial charge >= 0.3 is 167 Å². The molecule has 0 saturated carbocycles. The van der Waals surface area contributed by atoms with Crippen LogP contribution in [0.5, 0.6) is 17.2 Å². The molecule has 0 amide bonds. The van der Waals surface area contributed by atoms with Gasteiger partial charge in [-0.2, -0.15) is 0 Å². The average molecular weight is 404 g/mol. The van der Waals surface area contributed by atoms with Gasteiger partial charge in [-0.25, -0.2) is 0 Å². The third-order valence-corrected chi connectivity index (χ3v) is 7.59. The van der Waals surface area contributed by atoms with Gasteiger partial charge in [0, 0.05) is 0 Å². The Morgan fingerprint density at radius 1 is 0.821 bits per heavy atom. The van der Waals surface area contributed by atoms with Gasteiger partial charge in [0.2, 0.25) is 0 Å². The van der Waals surface area contributed by atoms with Gasteiger partial charge in [0.25, 0.3) is 0 Å². The van der Waals surface area contributed by atoms with Gasteiger partial charge < -0.3 is 0 Å². The molecule has 6 heteroatoms. The fourth-order valence-electron chi connectivity index (χ4n) is 3.34. The van der Waals surface area contributed by atoms with Gasteiger partial charge in [0.1, 0.15) is 0 Å². The van der Waals surface area contributed by atoms with Crippen LogP contribution in [-0.4, -0.2) is 13.2 Å². The minimum absolute atomic E-state index is 0.0421. The van der Waals surface area contributed by atoms with E-state index in [1.807, 2.05) is 36.4 Å². The predicted octanol–water partition coefficient (Wildman–Crippen LogP) is 6.31. The first kappa shape index (κ1) is 19.5. The van der Waals surface area contributed by atoms with Crippen LogP contribution in [0.1, 0.15) is 52.7 Å². The van der Waals surface area contributed by atoms with E-state index in [0.717, 1.165) is 11.1 Å². The Labute approximate surface area is 167 Å². The van der Waals surface area contributed by atoms with Crippen molar-refractivity contribution in [2.45, 2.75) is 52.4 Å². The molecule has 0 N–H and O–H groups in total. The number of para-hydroxylation sites is 1. The van der Waals surface area contributed by atoms with Gasteiger partial charge in [-0.15, -0.1) is 0 Å². The second-order valence-corrected chi connectivity index (χ2v) is 11.9. The van der Waals surface area contributed by atoms with Gasteiger partial charge in [-0.3, -0.25) is 0 Å². The van der Waals surface area contributed by atoms with Crippen molar-refractivity contribution in [3.05, 3.63) is 53.6 Å². The summed E-state index contributed by atoms with van der Waals surface area (Å²) in [6.07, 6.45) is 0. The molecule has 0 aliphatic carbocycles. The van der Waals surface area contributed by atoms with E-state index >= 15 is 0 Å². The third kappa shape index (κ3) is 3.26. The van der Waals surface area contributed by atoms with Crippen molar-refractivity contribution >= 4 is 7.74 Å². The van der Waals surface area contributed by atoms with Crippen molar-refractivity contribution in [2.24, 2.45) is 0 Å². The fourth-order valence-corrected chi connectivity index (χ4v) is 6.00. The van der Waals surface area contributed by atoms with E-state index in [-0.39, 0.29) is 10.8 Å². The van der Waals surface area contributed by atoms with Crippen LogP contribution in [-0.2, 0) is 19.9 Å². The summed E-state index contributed by atoms with van der Waals surface area (Å²) in [7, 11) is -4.25. The molecular formula is C22H29O5P. The molecule has 2 aliphatic heterocycles. The van der Waals surface area contributed by atoms with Crippen LogP contribution >= 0.6 is 7.74 Å². The number of benzene rings is 2. The van der Waals surface area contributed by atoms with Crippen LogP contribution in [0.2, 0.25) is 0 Å². The van der Waals surface area contributed by atoms with Crippen molar-refractivity contribution in [3.8, 4) is 17.2 Å². The molecule has 152 valence electrons. The minimum atomic E-state index is -4.25. The molecule has 0 atom stereocenters. The fraction of sp³-hybridized carbons (Fsp3) is 0.455. The molecule has 1 spiro atoms. The average Bonchev–Trinajstić information content (AvgIpc) is 3.14. The number of fused-ring (bicyclic) bond motifs is 1. The van der Waals surface area contributed by atoms with Gasteiger partial charge in [-0.1, -0.05) is 0 Å². The molecule has 0 radical (unpaired) electrons. The Balaban J connectivity index is 1.85. The maximum atomic E-state index is 6.41. The monoisotopic (exact) mass is 404 g/mol. The number of hydrogen-bond donors (Lipinski definition) is 0. The Hall–Kier alpha value is -1.81. The summed E-state index contributed by atoms with van der Waals surface area (Å²) in [5.41, 5.74) is 2.02. The molecule has 2 aromatic carbocycles. The van der Waals surface area contributed by atoms with E-state index in [9.17, 15) is 0 Å². The SMILES string of the molecule is CC(C)(C)c1cc2c(c(C(C)(C)C)c1)OP1(Oc3ccccc3)(OCCO1)O2. The normalized spacial score (nSPS) is 21.3. The molecular weight excluding hydrogens is 375 g/mol. The third-order valence-electron chi connectivity index (χ3n) is 4.90. The zero-order valence-corrected chi connectivity index (χ0v) is 18.3. The standard InChI is InChI=1S/C22H29O5P/c1-21(2,3)16-14-18(22(4,5)6)20-19(15-16)26-28(27-20,23-12-13-24-28)25-17-10-8-7-9-11-17/h7-11,14-15H,12-13H2,1-6H3. The molecule has 28 heavy (non-hydrogen) atoms. The topological polar surface area (TPSA) is 46.2 Å². The van der Waals surface area contributed by atoms with Crippen molar-refractivity contribution in [2.75, 3.05) is 13.2 Å².